The molecule has 0 aliphatic carbocycles. The van der Waals surface area contributed by atoms with Gasteiger partial charge in [-0.15, -0.1) is 0 Å². The Morgan fingerprint density at radius 1 is 1.31 bits per heavy atom. The lowest BCUT2D eigenvalue weighted by molar-refractivity contribution is 0.0827. The summed E-state index contributed by atoms with van der Waals surface area (Å²) in [4.78, 5) is 13.0. The first kappa shape index (κ1) is 9.52. The lowest BCUT2D eigenvalue weighted by atomic mass is 10.1. The number of hydrogen-bond donors (Lipinski definition) is 0. The SMILES string of the molecule is C=Cc1ccc(C(=O)N(C)C)cc1. The van der Waals surface area contributed by atoms with Gasteiger partial charge in [0.05, 0.1) is 0 Å². The maximum atomic E-state index is 11.4. The van der Waals surface area contributed by atoms with Crippen molar-refractivity contribution in [1.29, 1.82) is 0 Å². The maximum absolute atomic E-state index is 11.4. The van der Waals surface area contributed by atoms with Crippen LogP contribution in [0.1, 0.15) is 15.9 Å². The molecule has 0 atom stereocenters. The van der Waals surface area contributed by atoms with Gasteiger partial charge in [-0.25, -0.2) is 0 Å². The molecule has 1 rings (SSSR count). The van der Waals surface area contributed by atoms with Crippen LogP contribution >= 0.6 is 0 Å². The third kappa shape index (κ3) is 2.18. The molecule has 2 heteroatoms. The van der Waals surface area contributed by atoms with Gasteiger partial charge in [0.15, 0.2) is 0 Å². The van der Waals surface area contributed by atoms with Gasteiger partial charge < -0.3 is 4.90 Å². The van der Waals surface area contributed by atoms with Gasteiger partial charge in [0.25, 0.3) is 5.91 Å². The molecular weight excluding hydrogens is 162 g/mol. The van der Waals surface area contributed by atoms with Crippen molar-refractivity contribution in [2.24, 2.45) is 0 Å². The third-order valence-corrected chi connectivity index (χ3v) is 1.80. The van der Waals surface area contributed by atoms with Gasteiger partial charge in [-0.1, -0.05) is 24.8 Å². The normalized spacial score (nSPS) is 9.38. The molecule has 0 fully saturated rings. The zero-order valence-electron chi connectivity index (χ0n) is 7.95. The molecule has 1 aromatic carbocycles. The van der Waals surface area contributed by atoms with Crippen molar-refractivity contribution in [2.45, 2.75) is 0 Å². The van der Waals surface area contributed by atoms with Crippen LogP contribution in [0.15, 0.2) is 30.8 Å². The standard InChI is InChI=1S/C11H13NO/c1-4-9-5-7-10(8-6-9)11(13)12(2)3/h4-8H,1H2,2-3H3. The van der Waals surface area contributed by atoms with Crippen LogP contribution in [-0.2, 0) is 0 Å². The van der Waals surface area contributed by atoms with E-state index in [2.05, 4.69) is 6.58 Å². The van der Waals surface area contributed by atoms with Crippen LogP contribution in [0.5, 0.6) is 0 Å². The number of rotatable bonds is 2. The summed E-state index contributed by atoms with van der Waals surface area (Å²) < 4.78 is 0. The molecule has 1 amide bonds. The second-order valence-corrected chi connectivity index (χ2v) is 3.03. The van der Waals surface area contributed by atoms with Crippen molar-refractivity contribution in [3.05, 3.63) is 42.0 Å². The zero-order chi connectivity index (χ0) is 9.84. The Morgan fingerprint density at radius 3 is 2.23 bits per heavy atom. The van der Waals surface area contributed by atoms with Gasteiger partial charge in [-0.3, -0.25) is 4.79 Å². The molecule has 0 saturated carbocycles. The van der Waals surface area contributed by atoms with E-state index in [1.54, 1.807) is 37.2 Å². The van der Waals surface area contributed by atoms with E-state index in [1.807, 2.05) is 12.1 Å². The van der Waals surface area contributed by atoms with Gasteiger partial charge in [0.1, 0.15) is 0 Å². The fourth-order valence-corrected chi connectivity index (χ4v) is 1.02. The molecule has 13 heavy (non-hydrogen) atoms. The molecule has 0 heterocycles. The summed E-state index contributed by atoms with van der Waals surface area (Å²) >= 11 is 0. The lowest BCUT2D eigenvalue weighted by Gasteiger charge is -2.09. The highest BCUT2D eigenvalue weighted by Crippen LogP contribution is 2.06. The van der Waals surface area contributed by atoms with E-state index in [9.17, 15) is 4.79 Å². The number of hydrogen-bond acceptors (Lipinski definition) is 1. The van der Waals surface area contributed by atoms with Crippen LogP contribution in [0.25, 0.3) is 6.08 Å². The van der Waals surface area contributed by atoms with Crippen molar-refractivity contribution in [3.8, 4) is 0 Å². The molecule has 0 aromatic heterocycles. The Hall–Kier alpha value is -1.57. The van der Waals surface area contributed by atoms with Gasteiger partial charge in [0, 0.05) is 19.7 Å². The zero-order valence-corrected chi connectivity index (χ0v) is 7.95. The molecule has 0 unspecified atom stereocenters. The van der Waals surface area contributed by atoms with Crippen LogP contribution in [0.2, 0.25) is 0 Å². The van der Waals surface area contributed by atoms with Crippen molar-refractivity contribution in [3.63, 3.8) is 0 Å². The average Bonchev–Trinajstić information content (AvgIpc) is 2.17. The predicted octanol–water partition coefficient (Wildman–Crippen LogP) is 2.03. The minimum atomic E-state index is 0.0237. The molecule has 0 aliphatic rings. The van der Waals surface area contributed by atoms with Crippen LogP contribution in [0, 0.1) is 0 Å². The average molecular weight is 175 g/mol. The lowest BCUT2D eigenvalue weighted by Crippen LogP contribution is -2.21. The minimum absolute atomic E-state index is 0.0237. The largest absolute Gasteiger partial charge is 0.345 e. The summed E-state index contributed by atoms with van der Waals surface area (Å²) in [6, 6.07) is 7.37. The Balaban J connectivity index is 2.92. The predicted molar refractivity (Wildman–Crippen MR) is 54.6 cm³/mol. The first-order valence-electron chi connectivity index (χ1n) is 4.09. The van der Waals surface area contributed by atoms with E-state index < -0.39 is 0 Å². The fourth-order valence-electron chi connectivity index (χ4n) is 1.02. The molecule has 0 radical (unpaired) electrons. The third-order valence-electron chi connectivity index (χ3n) is 1.80. The number of nitrogens with zero attached hydrogens (tertiary/aromatic N) is 1. The second-order valence-electron chi connectivity index (χ2n) is 3.03. The summed E-state index contributed by atoms with van der Waals surface area (Å²) in [5, 5.41) is 0. The Morgan fingerprint density at radius 2 is 1.85 bits per heavy atom. The van der Waals surface area contributed by atoms with E-state index in [0.29, 0.717) is 5.56 Å². The topological polar surface area (TPSA) is 20.3 Å². The van der Waals surface area contributed by atoms with Gasteiger partial charge >= 0.3 is 0 Å². The number of carbonyl (C=O) groups excluding carboxylic acids is 1. The van der Waals surface area contributed by atoms with Crippen LogP contribution in [-0.4, -0.2) is 24.9 Å². The summed E-state index contributed by atoms with van der Waals surface area (Å²) in [5.74, 6) is 0.0237. The molecule has 0 N–H and O–H groups in total. The van der Waals surface area contributed by atoms with E-state index >= 15 is 0 Å². The van der Waals surface area contributed by atoms with E-state index in [0.717, 1.165) is 5.56 Å². The van der Waals surface area contributed by atoms with Crippen LogP contribution in [0.4, 0.5) is 0 Å². The molecular formula is C11H13NO. The monoisotopic (exact) mass is 175 g/mol. The van der Waals surface area contributed by atoms with Gasteiger partial charge in [-0.05, 0) is 17.7 Å². The van der Waals surface area contributed by atoms with Gasteiger partial charge in [-0.2, -0.15) is 0 Å². The maximum Gasteiger partial charge on any atom is 0.253 e. The van der Waals surface area contributed by atoms with Crippen molar-refractivity contribution < 1.29 is 4.79 Å². The first-order chi connectivity index (χ1) is 6.15. The van der Waals surface area contributed by atoms with E-state index in [1.165, 1.54) is 0 Å². The van der Waals surface area contributed by atoms with E-state index in [4.69, 9.17) is 0 Å². The molecule has 0 saturated heterocycles. The smallest absolute Gasteiger partial charge is 0.253 e. The Labute approximate surface area is 78.5 Å². The molecule has 1 aromatic rings. The molecule has 2 nitrogen and oxygen atoms in total. The highest BCUT2D eigenvalue weighted by Gasteiger charge is 2.05. The number of benzene rings is 1. The van der Waals surface area contributed by atoms with Crippen molar-refractivity contribution in [2.75, 3.05) is 14.1 Å². The molecule has 0 spiro atoms. The molecule has 0 bridgehead atoms. The molecule has 68 valence electrons. The molecule has 0 aliphatic heterocycles. The highest BCUT2D eigenvalue weighted by molar-refractivity contribution is 5.94. The summed E-state index contributed by atoms with van der Waals surface area (Å²) in [7, 11) is 3.48. The highest BCUT2D eigenvalue weighted by atomic mass is 16.2. The van der Waals surface area contributed by atoms with Crippen LogP contribution < -0.4 is 0 Å². The second kappa shape index (κ2) is 3.90. The summed E-state index contributed by atoms with van der Waals surface area (Å²) in [6.45, 7) is 3.65. The van der Waals surface area contributed by atoms with E-state index in [-0.39, 0.29) is 5.91 Å². The summed E-state index contributed by atoms with van der Waals surface area (Å²) in [6.07, 6.45) is 1.75. The van der Waals surface area contributed by atoms with Crippen LogP contribution in [0.3, 0.4) is 0 Å². The number of carbonyl (C=O) groups is 1. The minimum Gasteiger partial charge on any atom is -0.345 e. The fraction of sp³-hybridized carbons (Fsp3) is 0.182. The first-order valence-corrected chi connectivity index (χ1v) is 4.09. The summed E-state index contributed by atoms with van der Waals surface area (Å²) in [5.41, 5.74) is 1.73. The Bertz CT molecular complexity index is 311. The Kier molecular flexibility index (Phi) is 2.85. The van der Waals surface area contributed by atoms with Gasteiger partial charge in [0.2, 0.25) is 0 Å². The number of amides is 1. The quantitative estimate of drug-likeness (QED) is 0.673. The van der Waals surface area contributed by atoms with Crippen molar-refractivity contribution in [1.82, 2.24) is 4.90 Å². The van der Waals surface area contributed by atoms with Crippen molar-refractivity contribution >= 4 is 12.0 Å².